The second kappa shape index (κ2) is 13.6. The van der Waals surface area contributed by atoms with Crippen LogP contribution in [0.4, 0.5) is 27.1 Å². The van der Waals surface area contributed by atoms with Crippen LogP contribution in [0.3, 0.4) is 0 Å². The highest BCUT2D eigenvalue weighted by Crippen LogP contribution is 2.36. The molecule has 11 nitrogen and oxygen atoms in total. The first kappa shape index (κ1) is 29.8. The Bertz CT molecular complexity index is 1780. The molecule has 0 radical (unpaired) electrons. The summed E-state index contributed by atoms with van der Waals surface area (Å²) in [5.41, 5.74) is 2.68. The zero-order chi connectivity index (χ0) is 30.5. The van der Waals surface area contributed by atoms with Crippen molar-refractivity contribution in [1.29, 1.82) is 0 Å². The van der Waals surface area contributed by atoms with E-state index in [-0.39, 0.29) is 6.03 Å². The van der Waals surface area contributed by atoms with E-state index in [0.717, 1.165) is 60.3 Å². The van der Waals surface area contributed by atoms with Crippen LogP contribution in [-0.2, 0) is 0 Å². The summed E-state index contributed by atoms with van der Waals surface area (Å²) in [6.45, 7) is 6.00. The maximum atomic E-state index is 12.5. The number of nitrogens with zero attached hydrogens (tertiary/aromatic N) is 5. The van der Waals surface area contributed by atoms with E-state index in [1.165, 1.54) is 17.7 Å². The molecule has 1 fully saturated rings. The van der Waals surface area contributed by atoms with Gasteiger partial charge in [-0.15, -0.1) is 0 Å². The zero-order valence-corrected chi connectivity index (χ0v) is 26.0. The van der Waals surface area contributed by atoms with Gasteiger partial charge in [-0.1, -0.05) is 35.1 Å². The number of urea groups is 1. The molecule has 2 aromatic heterocycles. The van der Waals surface area contributed by atoms with Gasteiger partial charge in [0.2, 0.25) is 0 Å². The Morgan fingerprint density at radius 1 is 1.00 bits per heavy atom. The molecule has 5 aromatic rings. The van der Waals surface area contributed by atoms with Gasteiger partial charge in [0.1, 0.15) is 12.1 Å². The van der Waals surface area contributed by atoms with E-state index in [1.807, 2.05) is 24.3 Å². The number of carbonyl (C=O) groups excluding carboxylic acids is 1. The Kier molecular flexibility index (Phi) is 9.22. The van der Waals surface area contributed by atoms with Gasteiger partial charge in [0, 0.05) is 49.9 Å². The number of hydrogen-bond acceptors (Lipinski definition) is 10. The third-order valence-electron chi connectivity index (χ3n) is 7.39. The van der Waals surface area contributed by atoms with Crippen LogP contribution < -0.4 is 25.4 Å². The number of aromatic nitrogens is 3. The summed E-state index contributed by atoms with van der Waals surface area (Å²) in [4.78, 5) is 31.0. The van der Waals surface area contributed by atoms with Crippen LogP contribution in [0.5, 0.6) is 11.5 Å². The molecule has 2 amide bonds. The quantitative estimate of drug-likeness (QED) is 0.152. The summed E-state index contributed by atoms with van der Waals surface area (Å²) in [6, 6.07) is 16.0. The molecule has 3 N–H and O–H groups in total. The number of amides is 2. The van der Waals surface area contributed by atoms with Gasteiger partial charge in [0.05, 0.1) is 40.2 Å². The second-order valence-electron chi connectivity index (χ2n) is 10.5. The van der Waals surface area contributed by atoms with Gasteiger partial charge in [0.15, 0.2) is 16.6 Å². The molecular formula is C31H33ClN8O3S. The highest BCUT2D eigenvalue weighted by molar-refractivity contribution is 7.22. The van der Waals surface area contributed by atoms with Gasteiger partial charge >= 0.3 is 6.03 Å². The lowest BCUT2D eigenvalue weighted by atomic mass is 10.2. The lowest BCUT2D eigenvalue weighted by Gasteiger charge is -2.32. The van der Waals surface area contributed by atoms with Gasteiger partial charge in [-0.25, -0.2) is 19.7 Å². The summed E-state index contributed by atoms with van der Waals surface area (Å²) < 4.78 is 12.7. The monoisotopic (exact) mass is 632 g/mol. The van der Waals surface area contributed by atoms with Crippen molar-refractivity contribution in [3.63, 3.8) is 0 Å². The van der Waals surface area contributed by atoms with Crippen molar-refractivity contribution in [3.05, 3.63) is 65.9 Å². The van der Waals surface area contributed by atoms with Gasteiger partial charge in [-0.05, 0) is 49.9 Å². The van der Waals surface area contributed by atoms with Crippen molar-refractivity contribution >= 4 is 72.4 Å². The van der Waals surface area contributed by atoms with E-state index in [2.05, 4.69) is 42.8 Å². The van der Waals surface area contributed by atoms with Crippen molar-refractivity contribution in [2.45, 2.75) is 6.42 Å². The topological polar surface area (TPSA) is 117 Å². The number of thiazole rings is 1. The van der Waals surface area contributed by atoms with Crippen molar-refractivity contribution in [1.82, 2.24) is 24.8 Å². The van der Waals surface area contributed by atoms with E-state index in [0.29, 0.717) is 45.5 Å². The molecule has 6 rings (SSSR count). The van der Waals surface area contributed by atoms with Gasteiger partial charge in [0.25, 0.3) is 0 Å². The molecule has 0 bridgehead atoms. The third-order valence-corrected chi connectivity index (χ3v) is 8.65. The number of nitrogens with one attached hydrogen (secondary N) is 3. The fraction of sp³-hybridized carbons (Fsp3) is 0.290. The number of carbonyl (C=O) groups is 1. The van der Waals surface area contributed by atoms with Crippen LogP contribution in [0.15, 0.2) is 60.9 Å². The molecule has 228 valence electrons. The fourth-order valence-corrected chi connectivity index (χ4v) is 6.07. The number of hydrogen-bond donors (Lipinski definition) is 3. The van der Waals surface area contributed by atoms with E-state index in [4.69, 9.17) is 26.1 Å². The summed E-state index contributed by atoms with van der Waals surface area (Å²) >= 11 is 7.60. The Morgan fingerprint density at radius 3 is 2.66 bits per heavy atom. The first-order valence-corrected chi connectivity index (χ1v) is 15.5. The maximum Gasteiger partial charge on any atom is 0.323 e. The smallest absolute Gasteiger partial charge is 0.323 e. The normalized spacial score (nSPS) is 14.1. The molecule has 44 heavy (non-hydrogen) atoms. The van der Waals surface area contributed by atoms with Gasteiger partial charge in [-0.2, -0.15) is 0 Å². The first-order valence-electron chi connectivity index (χ1n) is 14.3. The number of halogens is 1. The molecule has 3 aromatic carbocycles. The van der Waals surface area contributed by atoms with Crippen LogP contribution in [0.25, 0.3) is 21.1 Å². The van der Waals surface area contributed by atoms with Crippen molar-refractivity contribution < 1.29 is 14.3 Å². The molecular weight excluding hydrogens is 600 g/mol. The van der Waals surface area contributed by atoms with E-state index in [1.54, 1.807) is 37.4 Å². The lowest BCUT2D eigenvalue weighted by Crippen LogP contribution is -2.44. The molecule has 0 unspecified atom stereocenters. The second-order valence-corrected chi connectivity index (χ2v) is 11.9. The van der Waals surface area contributed by atoms with Crippen LogP contribution in [0.1, 0.15) is 6.42 Å². The number of benzene rings is 3. The van der Waals surface area contributed by atoms with Crippen LogP contribution in [0, 0.1) is 0 Å². The number of ether oxygens (including phenoxy) is 2. The number of fused-ring (bicyclic) bond motifs is 2. The Labute approximate surface area is 264 Å². The SMILES string of the molecule is COc1cc2c(Nc3nc4ccc(NC(=O)Nc5ccccc5Cl)cc4s3)ncnc2cc1OCCCN1CCN(C)CC1. The van der Waals surface area contributed by atoms with Gasteiger partial charge in [-0.3, -0.25) is 0 Å². The van der Waals surface area contributed by atoms with Gasteiger partial charge < -0.3 is 35.2 Å². The minimum Gasteiger partial charge on any atom is -0.493 e. The van der Waals surface area contributed by atoms with Crippen LogP contribution >= 0.6 is 22.9 Å². The first-order chi connectivity index (χ1) is 21.4. The van der Waals surface area contributed by atoms with E-state index >= 15 is 0 Å². The summed E-state index contributed by atoms with van der Waals surface area (Å²) in [7, 11) is 3.79. The predicted molar refractivity (Wildman–Crippen MR) is 177 cm³/mol. The highest BCUT2D eigenvalue weighted by atomic mass is 35.5. The maximum absolute atomic E-state index is 12.5. The Hall–Kier alpha value is -4.23. The largest absolute Gasteiger partial charge is 0.493 e. The number of piperazine rings is 1. The molecule has 13 heteroatoms. The Morgan fingerprint density at radius 2 is 1.84 bits per heavy atom. The molecule has 3 heterocycles. The summed E-state index contributed by atoms with van der Waals surface area (Å²) in [5.74, 6) is 1.87. The number of likely N-dealkylation sites (N-methyl/N-ethyl adjacent to an activating group) is 1. The predicted octanol–water partition coefficient (Wildman–Crippen LogP) is 6.31. The van der Waals surface area contributed by atoms with Crippen LogP contribution in [0.2, 0.25) is 5.02 Å². The van der Waals surface area contributed by atoms with E-state index in [9.17, 15) is 4.79 Å². The average Bonchev–Trinajstić information content (AvgIpc) is 3.42. The zero-order valence-electron chi connectivity index (χ0n) is 24.5. The standard InChI is InChI=1S/C31H33ClN8O3S/c1-39-11-13-40(14-12-39)10-5-15-43-27-18-25-21(17-26(27)42-2)29(34-19-33-25)38-31-37-24-9-8-20(16-28(24)44-31)35-30(41)36-23-7-4-3-6-22(23)32/h3-4,6-9,16-19H,5,10-15H2,1-2H3,(H2,35,36,41)(H,33,34,37,38). The fourth-order valence-electron chi connectivity index (χ4n) is 4.98. The third kappa shape index (κ3) is 7.11. The minimum atomic E-state index is -0.389. The molecule has 0 saturated carbocycles. The summed E-state index contributed by atoms with van der Waals surface area (Å²) in [6.07, 6.45) is 2.45. The summed E-state index contributed by atoms with van der Waals surface area (Å²) in [5, 5.41) is 10.8. The Balaban J connectivity index is 1.12. The molecule has 0 spiro atoms. The van der Waals surface area contributed by atoms with Crippen LogP contribution in [-0.4, -0.2) is 84.3 Å². The molecule has 1 aliphatic heterocycles. The molecule has 1 saturated heterocycles. The average molecular weight is 633 g/mol. The van der Waals surface area contributed by atoms with Crippen molar-refractivity contribution in [2.24, 2.45) is 0 Å². The van der Waals surface area contributed by atoms with Crippen molar-refractivity contribution in [2.75, 3.05) is 69.4 Å². The number of anilines is 4. The minimum absolute atomic E-state index is 0.389. The molecule has 1 aliphatic rings. The lowest BCUT2D eigenvalue weighted by molar-refractivity contribution is 0.145. The van der Waals surface area contributed by atoms with E-state index < -0.39 is 0 Å². The number of methoxy groups -OCH3 is 1. The number of rotatable bonds is 10. The van der Waals surface area contributed by atoms with Crippen molar-refractivity contribution in [3.8, 4) is 11.5 Å². The molecule has 0 aliphatic carbocycles. The molecule has 0 atom stereocenters. The number of para-hydroxylation sites is 1. The highest BCUT2D eigenvalue weighted by Gasteiger charge is 2.16.